The number of primary amides is 1. The van der Waals surface area contributed by atoms with E-state index in [1.807, 2.05) is 6.07 Å². The fraction of sp³-hybridized carbons (Fsp3) is 0.222. The van der Waals surface area contributed by atoms with Crippen LogP contribution in [0, 0.1) is 0 Å². The van der Waals surface area contributed by atoms with Crippen LogP contribution in [0.15, 0.2) is 42.5 Å². The predicted molar refractivity (Wildman–Crippen MR) is 97.4 cm³/mol. The van der Waals surface area contributed by atoms with Gasteiger partial charge in [0.25, 0.3) is 5.91 Å². The van der Waals surface area contributed by atoms with Crippen molar-refractivity contribution in [3.05, 3.63) is 58.6 Å². The summed E-state index contributed by atoms with van der Waals surface area (Å²) >= 11 is 6.36. The molecule has 1 aliphatic rings. The maximum atomic E-state index is 12.5. The van der Waals surface area contributed by atoms with Crippen LogP contribution in [0.25, 0.3) is 0 Å². The third-order valence-electron chi connectivity index (χ3n) is 3.99. The Hall–Kier alpha value is -2.57. The summed E-state index contributed by atoms with van der Waals surface area (Å²) in [4.78, 5) is 25.7. The Kier molecular flexibility index (Phi) is 5.21. The van der Waals surface area contributed by atoms with Crippen molar-refractivity contribution in [3.63, 3.8) is 0 Å². The van der Waals surface area contributed by atoms with E-state index in [4.69, 9.17) is 22.1 Å². The lowest BCUT2D eigenvalue weighted by atomic mass is 10.1. The number of amides is 2. The Balaban J connectivity index is 1.83. The number of nitrogens with one attached hydrogen (secondary N) is 1. The summed E-state index contributed by atoms with van der Waals surface area (Å²) in [6.07, 6.45) is 0. The molecular weight excluding hydrogens is 342 g/mol. The van der Waals surface area contributed by atoms with Gasteiger partial charge in [0.15, 0.2) is 0 Å². The Bertz CT molecular complexity index is 787. The first-order valence-corrected chi connectivity index (χ1v) is 8.26. The SMILES string of the molecule is NC(=O)c1ccc(C(=O)Nc2cccc(Cl)c2N2CCOCC2)cc1. The maximum Gasteiger partial charge on any atom is 0.255 e. The molecular formula is C18H18ClN3O3. The van der Waals surface area contributed by atoms with E-state index in [1.54, 1.807) is 24.3 Å². The van der Waals surface area contributed by atoms with E-state index in [2.05, 4.69) is 10.2 Å². The summed E-state index contributed by atoms with van der Waals surface area (Å²) in [5, 5.41) is 3.46. The van der Waals surface area contributed by atoms with Crippen molar-refractivity contribution in [2.45, 2.75) is 0 Å². The Labute approximate surface area is 150 Å². The second-order valence-corrected chi connectivity index (χ2v) is 6.04. The molecule has 1 aliphatic heterocycles. The van der Waals surface area contributed by atoms with Crippen LogP contribution in [-0.2, 0) is 4.74 Å². The number of morpholine rings is 1. The van der Waals surface area contributed by atoms with Gasteiger partial charge in [-0.1, -0.05) is 17.7 Å². The summed E-state index contributed by atoms with van der Waals surface area (Å²) < 4.78 is 5.37. The lowest BCUT2D eigenvalue weighted by Gasteiger charge is -2.31. The Morgan fingerprint density at radius 3 is 2.32 bits per heavy atom. The molecule has 1 fully saturated rings. The number of hydrogen-bond donors (Lipinski definition) is 2. The highest BCUT2D eigenvalue weighted by Gasteiger charge is 2.19. The van der Waals surface area contributed by atoms with Crippen LogP contribution < -0.4 is 16.0 Å². The van der Waals surface area contributed by atoms with Gasteiger partial charge in [0.05, 0.1) is 29.6 Å². The number of hydrogen-bond acceptors (Lipinski definition) is 4. The van der Waals surface area contributed by atoms with Crippen LogP contribution in [-0.4, -0.2) is 38.1 Å². The van der Waals surface area contributed by atoms with Crippen molar-refractivity contribution in [1.29, 1.82) is 0 Å². The van der Waals surface area contributed by atoms with Gasteiger partial charge in [-0.25, -0.2) is 0 Å². The Morgan fingerprint density at radius 1 is 1.04 bits per heavy atom. The van der Waals surface area contributed by atoms with Crippen LogP contribution in [0.5, 0.6) is 0 Å². The zero-order valence-corrected chi connectivity index (χ0v) is 14.3. The maximum absolute atomic E-state index is 12.5. The van der Waals surface area contributed by atoms with Crippen molar-refractivity contribution in [2.24, 2.45) is 5.73 Å². The molecule has 2 aromatic rings. The molecule has 6 nitrogen and oxygen atoms in total. The summed E-state index contributed by atoms with van der Waals surface area (Å²) in [5.41, 5.74) is 7.42. The zero-order chi connectivity index (χ0) is 17.8. The third-order valence-corrected chi connectivity index (χ3v) is 4.30. The molecule has 2 amide bonds. The number of para-hydroxylation sites is 1. The smallest absolute Gasteiger partial charge is 0.255 e. The quantitative estimate of drug-likeness (QED) is 0.878. The van der Waals surface area contributed by atoms with Gasteiger partial charge in [-0.05, 0) is 36.4 Å². The van der Waals surface area contributed by atoms with Gasteiger partial charge in [-0.3, -0.25) is 9.59 Å². The first kappa shape index (κ1) is 17.3. The molecule has 0 aromatic heterocycles. The molecule has 1 heterocycles. The van der Waals surface area contributed by atoms with Crippen molar-refractivity contribution in [1.82, 2.24) is 0 Å². The van der Waals surface area contributed by atoms with Gasteiger partial charge in [0, 0.05) is 24.2 Å². The number of rotatable bonds is 4. The summed E-state index contributed by atoms with van der Waals surface area (Å²) in [7, 11) is 0. The standard InChI is InChI=1S/C18H18ClN3O3/c19-14-2-1-3-15(16(14)22-8-10-25-11-9-22)21-18(24)13-6-4-12(5-7-13)17(20)23/h1-7H,8-11H2,(H2,20,23)(H,21,24). The van der Waals surface area contributed by atoms with Gasteiger partial charge in [0.1, 0.15) is 0 Å². The van der Waals surface area contributed by atoms with Gasteiger partial charge < -0.3 is 20.7 Å². The van der Waals surface area contributed by atoms with Crippen LogP contribution in [0.2, 0.25) is 5.02 Å². The molecule has 7 heteroatoms. The largest absolute Gasteiger partial charge is 0.378 e. The van der Waals surface area contributed by atoms with Gasteiger partial charge >= 0.3 is 0 Å². The minimum absolute atomic E-state index is 0.284. The van der Waals surface area contributed by atoms with E-state index in [-0.39, 0.29) is 5.91 Å². The molecule has 0 atom stereocenters. The highest BCUT2D eigenvalue weighted by molar-refractivity contribution is 6.34. The average Bonchev–Trinajstić information content (AvgIpc) is 2.62. The zero-order valence-electron chi connectivity index (χ0n) is 13.5. The van der Waals surface area contributed by atoms with E-state index in [0.717, 1.165) is 5.69 Å². The van der Waals surface area contributed by atoms with Gasteiger partial charge in [-0.2, -0.15) is 0 Å². The number of benzene rings is 2. The number of nitrogens with zero attached hydrogens (tertiary/aromatic N) is 1. The highest BCUT2D eigenvalue weighted by atomic mass is 35.5. The second-order valence-electron chi connectivity index (χ2n) is 5.63. The van der Waals surface area contributed by atoms with E-state index in [1.165, 1.54) is 12.1 Å². The minimum atomic E-state index is -0.531. The topological polar surface area (TPSA) is 84.7 Å². The highest BCUT2D eigenvalue weighted by Crippen LogP contribution is 2.34. The van der Waals surface area contributed by atoms with Crippen molar-refractivity contribution in [3.8, 4) is 0 Å². The molecule has 1 saturated heterocycles. The number of nitrogens with two attached hydrogens (primary N) is 1. The monoisotopic (exact) mass is 359 g/mol. The molecule has 25 heavy (non-hydrogen) atoms. The fourth-order valence-corrected chi connectivity index (χ4v) is 3.00. The number of halogens is 1. The van der Waals surface area contributed by atoms with Crippen molar-refractivity contribution in [2.75, 3.05) is 36.5 Å². The van der Waals surface area contributed by atoms with Crippen LogP contribution in [0.4, 0.5) is 11.4 Å². The van der Waals surface area contributed by atoms with Crippen LogP contribution in [0.3, 0.4) is 0 Å². The lowest BCUT2D eigenvalue weighted by molar-refractivity contribution is 0.0995. The normalized spacial score (nSPS) is 14.2. The molecule has 0 spiro atoms. The van der Waals surface area contributed by atoms with Crippen LogP contribution in [0.1, 0.15) is 20.7 Å². The third kappa shape index (κ3) is 3.92. The van der Waals surface area contributed by atoms with E-state index < -0.39 is 5.91 Å². The number of carbonyl (C=O) groups is 2. The lowest BCUT2D eigenvalue weighted by Crippen LogP contribution is -2.37. The van der Waals surface area contributed by atoms with Gasteiger partial charge in [-0.15, -0.1) is 0 Å². The molecule has 0 unspecified atom stereocenters. The Morgan fingerprint density at radius 2 is 1.68 bits per heavy atom. The second kappa shape index (κ2) is 7.55. The predicted octanol–water partition coefficient (Wildman–Crippen LogP) is 2.53. The molecule has 3 rings (SSSR count). The summed E-state index contributed by atoms with van der Waals surface area (Å²) in [5.74, 6) is -0.816. The molecule has 130 valence electrons. The molecule has 3 N–H and O–H groups in total. The molecule has 2 aromatic carbocycles. The molecule has 0 saturated carbocycles. The molecule has 0 bridgehead atoms. The number of ether oxygens (including phenoxy) is 1. The first-order valence-electron chi connectivity index (χ1n) is 7.88. The summed E-state index contributed by atoms with van der Waals surface area (Å²) in [6, 6.07) is 11.6. The fourth-order valence-electron chi connectivity index (χ4n) is 2.70. The number of carbonyl (C=O) groups excluding carboxylic acids is 2. The average molecular weight is 360 g/mol. The molecule has 0 radical (unpaired) electrons. The molecule has 0 aliphatic carbocycles. The minimum Gasteiger partial charge on any atom is -0.378 e. The number of anilines is 2. The first-order chi connectivity index (χ1) is 12.1. The van der Waals surface area contributed by atoms with Gasteiger partial charge in [0.2, 0.25) is 5.91 Å². The summed E-state index contributed by atoms with van der Waals surface area (Å²) in [6.45, 7) is 2.65. The van der Waals surface area contributed by atoms with Crippen molar-refractivity contribution >= 4 is 34.8 Å². The van der Waals surface area contributed by atoms with E-state index in [9.17, 15) is 9.59 Å². The van der Waals surface area contributed by atoms with E-state index >= 15 is 0 Å². The van der Waals surface area contributed by atoms with Crippen molar-refractivity contribution < 1.29 is 14.3 Å². The van der Waals surface area contributed by atoms with E-state index in [0.29, 0.717) is 48.1 Å². The van der Waals surface area contributed by atoms with Crippen LogP contribution >= 0.6 is 11.6 Å².